The molecule has 6 aliphatic rings. The normalized spacial score (nSPS) is 44.4. The molecule has 9 atom stereocenters. The van der Waals surface area contributed by atoms with Crippen LogP contribution in [0.3, 0.4) is 0 Å². The first-order chi connectivity index (χ1) is 17.7. The molecule has 1 spiro atoms. The predicted octanol–water partition coefficient (Wildman–Crippen LogP) is 7.37. The maximum Gasteiger partial charge on any atom is 0.133 e. The van der Waals surface area contributed by atoms with E-state index >= 15 is 0 Å². The number of carbonyl (C=O) groups is 1. The average Bonchev–Trinajstić information content (AvgIpc) is 3.38. The van der Waals surface area contributed by atoms with Crippen LogP contribution in [0.2, 0.25) is 0 Å². The highest BCUT2D eigenvalue weighted by Crippen LogP contribution is 2.64. The van der Waals surface area contributed by atoms with Gasteiger partial charge in [0, 0.05) is 38.5 Å². The van der Waals surface area contributed by atoms with E-state index in [1.807, 2.05) is 19.4 Å². The number of nitrogens with zero attached hydrogens (tertiary/aromatic N) is 2. The number of likely N-dealkylation sites (tertiary alicyclic amines) is 1. The van der Waals surface area contributed by atoms with Crippen molar-refractivity contribution >= 4 is 5.78 Å². The molecule has 0 radical (unpaired) electrons. The third-order valence-corrected chi connectivity index (χ3v) is 11.9. The van der Waals surface area contributed by atoms with Crippen LogP contribution < -0.4 is 0 Å². The second-order valence-corrected chi connectivity index (χ2v) is 14.4. The summed E-state index contributed by atoms with van der Waals surface area (Å²) in [5.74, 6) is 4.36. The number of piperidine rings is 1. The quantitative estimate of drug-likeness (QED) is 0.358. The number of hydrogen-bond donors (Lipinski definition) is 0. The van der Waals surface area contributed by atoms with Crippen molar-refractivity contribution in [1.29, 1.82) is 0 Å². The van der Waals surface area contributed by atoms with E-state index in [2.05, 4.69) is 44.7 Å². The van der Waals surface area contributed by atoms with E-state index in [1.165, 1.54) is 64.5 Å². The van der Waals surface area contributed by atoms with Crippen molar-refractivity contribution in [2.24, 2.45) is 35.0 Å². The minimum atomic E-state index is 0. The zero-order chi connectivity index (χ0) is 26.5. The number of Topliss-reactive ketones (excluding diaryl/α,β-unsaturated/α-hetero) is 1. The minimum Gasteiger partial charge on any atom is -0.370 e. The van der Waals surface area contributed by atoms with Crippen LogP contribution in [-0.2, 0) is 9.53 Å². The van der Waals surface area contributed by atoms with Gasteiger partial charge in [-0.3, -0.25) is 9.69 Å². The third kappa shape index (κ3) is 5.32. The van der Waals surface area contributed by atoms with E-state index in [4.69, 9.17) is 4.74 Å². The van der Waals surface area contributed by atoms with E-state index in [1.54, 1.807) is 5.57 Å². The maximum absolute atomic E-state index is 12.2. The lowest BCUT2D eigenvalue weighted by atomic mass is 9.52. The second kappa shape index (κ2) is 11.6. The molecule has 4 heteroatoms. The molecule has 0 amide bonds. The number of hydrogen-bond acceptors (Lipinski definition) is 4. The van der Waals surface area contributed by atoms with Crippen molar-refractivity contribution < 1.29 is 9.53 Å². The van der Waals surface area contributed by atoms with Crippen LogP contribution in [-0.4, -0.2) is 67.1 Å². The van der Waals surface area contributed by atoms with Gasteiger partial charge in [0.05, 0.1) is 11.7 Å². The van der Waals surface area contributed by atoms with Gasteiger partial charge < -0.3 is 9.64 Å². The van der Waals surface area contributed by atoms with E-state index in [0.29, 0.717) is 29.3 Å². The topological polar surface area (TPSA) is 32.8 Å². The largest absolute Gasteiger partial charge is 0.370 e. The number of likely N-dealkylation sites (N-methyl/N-ethyl adjacent to an activating group) is 1. The highest BCUT2D eigenvalue weighted by molar-refractivity contribution is 5.79. The van der Waals surface area contributed by atoms with Gasteiger partial charge >= 0.3 is 0 Å². The van der Waals surface area contributed by atoms with Crippen molar-refractivity contribution in [3.63, 3.8) is 0 Å². The lowest BCUT2D eigenvalue weighted by molar-refractivity contribution is -0.129. The molecular formula is C34H60N2O2. The Hall–Kier alpha value is -0.710. The molecule has 218 valence electrons. The first-order valence-electron chi connectivity index (χ1n) is 15.9. The average molecular weight is 529 g/mol. The van der Waals surface area contributed by atoms with E-state index < -0.39 is 0 Å². The molecule has 0 aromatic carbocycles. The fourth-order valence-corrected chi connectivity index (χ4v) is 10.1. The van der Waals surface area contributed by atoms with Crippen LogP contribution >= 0.6 is 0 Å². The number of carbonyl (C=O) groups excluding carboxylic acids is 1. The highest BCUT2D eigenvalue weighted by atomic mass is 16.5. The summed E-state index contributed by atoms with van der Waals surface area (Å²) in [6.07, 6.45) is 13.5. The molecule has 2 saturated heterocycles. The van der Waals surface area contributed by atoms with Gasteiger partial charge in [-0.1, -0.05) is 46.3 Å². The zero-order valence-electron chi connectivity index (χ0n) is 25.2. The highest BCUT2D eigenvalue weighted by Gasteiger charge is 2.58. The Bertz CT molecular complexity index is 882. The summed E-state index contributed by atoms with van der Waals surface area (Å²) < 4.78 is 7.14. The lowest BCUT2D eigenvalue weighted by Gasteiger charge is -2.52. The van der Waals surface area contributed by atoms with Crippen LogP contribution in [0.4, 0.5) is 0 Å². The summed E-state index contributed by atoms with van der Waals surface area (Å²) >= 11 is 0. The molecule has 0 aromatic rings. The molecule has 2 aliphatic heterocycles. The monoisotopic (exact) mass is 528 g/mol. The summed E-state index contributed by atoms with van der Waals surface area (Å²) in [6.45, 7) is 15.0. The summed E-state index contributed by atoms with van der Waals surface area (Å²) in [6, 6.07) is 0.615. The van der Waals surface area contributed by atoms with Gasteiger partial charge in [-0.05, 0) is 114 Å². The molecule has 4 nitrogen and oxygen atoms in total. The van der Waals surface area contributed by atoms with E-state index in [-0.39, 0.29) is 13.0 Å². The number of rotatable bonds is 3. The van der Waals surface area contributed by atoms with Crippen LogP contribution in [0, 0.1) is 35.0 Å². The Morgan fingerprint density at radius 3 is 2.61 bits per heavy atom. The Kier molecular flexibility index (Phi) is 9.27. The number of allylic oxidation sites excluding steroid dienone is 1. The zero-order valence-corrected chi connectivity index (χ0v) is 25.2. The molecule has 2 heterocycles. The van der Waals surface area contributed by atoms with Crippen molar-refractivity contribution in [1.82, 2.24) is 9.80 Å². The van der Waals surface area contributed by atoms with Gasteiger partial charge in [0.1, 0.15) is 5.78 Å². The summed E-state index contributed by atoms with van der Waals surface area (Å²) in [7, 11) is 4.40. The summed E-state index contributed by atoms with van der Waals surface area (Å²) in [5, 5.41) is 0. The van der Waals surface area contributed by atoms with Crippen LogP contribution in [0.15, 0.2) is 11.1 Å². The van der Waals surface area contributed by atoms with Crippen LogP contribution in [0.5, 0.6) is 0 Å². The molecule has 38 heavy (non-hydrogen) atoms. The van der Waals surface area contributed by atoms with Gasteiger partial charge in [-0.25, -0.2) is 0 Å². The molecule has 0 bridgehead atoms. The molecule has 4 aliphatic carbocycles. The number of ether oxygens (including phenoxy) is 1. The Morgan fingerprint density at radius 2 is 1.87 bits per heavy atom. The van der Waals surface area contributed by atoms with Gasteiger partial charge in [0.15, 0.2) is 0 Å². The fraction of sp³-hybridized carbons (Fsp3) is 0.912. The Morgan fingerprint density at radius 1 is 1.11 bits per heavy atom. The number of fused-ring (bicyclic) bond motifs is 6. The maximum atomic E-state index is 12.2. The predicted molar refractivity (Wildman–Crippen MR) is 159 cm³/mol. The Balaban J connectivity index is 0.00000110. The van der Waals surface area contributed by atoms with Crippen molar-refractivity contribution in [3.05, 3.63) is 11.1 Å². The first kappa shape index (κ1) is 30.3. The van der Waals surface area contributed by atoms with Crippen molar-refractivity contribution in [3.8, 4) is 0 Å². The third-order valence-electron chi connectivity index (χ3n) is 11.9. The van der Waals surface area contributed by atoms with Crippen LogP contribution in [0.25, 0.3) is 0 Å². The van der Waals surface area contributed by atoms with Crippen LogP contribution in [0.1, 0.15) is 113 Å². The molecule has 0 aromatic heterocycles. The van der Waals surface area contributed by atoms with Gasteiger partial charge in [-0.15, -0.1) is 0 Å². The molecular weight excluding hydrogens is 468 g/mol. The first-order valence-corrected chi connectivity index (χ1v) is 15.9. The molecule has 3 saturated carbocycles. The van der Waals surface area contributed by atoms with E-state index in [9.17, 15) is 4.79 Å². The van der Waals surface area contributed by atoms with Gasteiger partial charge in [0.2, 0.25) is 0 Å². The molecule has 9 unspecified atom stereocenters. The number of ketones is 1. The lowest BCUT2D eigenvalue weighted by Crippen LogP contribution is -2.50. The minimum absolute atomic E-state index is 0. The van der Waals surface area contributed by atoms with Gasteiger partial charge in [-0.2, -0.15) is 0 Å². The van der Waals surface area contributed by atoms with Crippen molar-refractivity contribution in [2.45, 2.75) is 130 Å². The van der Waals surface area contributed by atoms with Gasteiger partial charge in [0.25, 0.3) is 0 Å². The fourth-order valence-electron chi connectivity index (χ4n) is 10.1. The second-order valence-electron chi connectivity index (χ2n) is 14.4. The van der Waals surface area contributed by atoms with E-state index in [0.717, 1.165) is 49.5 Å². The van der Waals surface area contributed by atoms with Crippen molar-refractivity contribution in [2.75, 3.05) is 33.7 Å². The molecule has 5 fully saturated rings. The summed E-state index contributed by atoms with van der Waals surface area (Å²) in [4.78, 5) is 17.4. The molecule has 6 rings (SSSR count). The smallest absolute Gasteiger partial charge is 0.133 e. The SMILES string of the molecule is C.CC.CC1=C2CC3C(CCC4CC(=O)CCC43C)C2CCC2(C1)CC1C(CC(C)CN1CCN(C)C)O2. The molecule has 0 N–H and O–H groups in total. The summed E-state index contributed by atoms with van der Waals surface area (Å²) in [5.41, 5.74) is 3.98. The Labute approximate surface area is 235 Å². The standard InChI is InChI=1S/C31H50N2O2.C2H6.CH4/c1-20-14-29-28(33(19-20)13-12-32(4)5)18-31(35-29)11-9-24-25-7-6-22-15-23(34)8-10-30(22,3)27(25)16-26(24)21(2)17-31;1-2;/h20,22,24-25,27-29H,6-19H2,1-5H3;1-2H3;1H4.